The number of halogens is 4. The number of phenolic OH excluding ortho intramolecular Hbond substituents is 2. The molecule has 0 amide bonds. The number of aromatic hydroxyl groups is 2. The third kappa shape index (κ3) is 4.75. The Morgan fingerprint density at radius 2 is 1.04 bits per heavy atom. The lowest BCUT2D eigenvalue weighted by atomic mass is 9.87. The molecule has 1 fully saturated rings. The zero-order valence-electron chi connectivity index (χ0n) is 13.9. The van der Waals surface area contributed by atoms with Crippen LogP contribution in [-0.4, -0.2) is 16.0 Å². The van der Waals surface area contributed by atoms with Gasteiger partial charge in [-0.3, -0.25) is 4.79 Å². The normalized spacial score (nSPS) is 17.7. The molecule has 27 heavy (non-hydrogen) atoms. The van der Waals surface area contributed by atoms with Crippen molar-refractivity contribution in [2.24, 2.45) is 0 Å². The zero-order valence-corrected chi connectivity index (χ0v) is 20.2. The molecule has 0 saturated heterocycles. The van der Waals surface area contributed by atoms with Crippen LogP contribution in [0, 0.1) is 0 Å². The molecule has 1 aliphatic carbocycles. The molecule has 0 spiro atoms. The van der Waals surface area contributed by atoms with Gasteiger partial charge in [-0.15, -0.1) is 0 Å². The summed E-state index contributed by atoms with van der Waals surface area (Å²) in [6.07, 6.45) is 6.06. The van der Waals surface area contributed by atoms with Gasteiger partial charge in [0.05, 0.1) is 17.9 Å². The van der Waals surface area contributed by atoms with Gasteiger partial charge in [0.15, 0.2) is 5.78 Å². The van der Waals surface area contributed by atoms with Crippen molar-refractivity contribution in [1.29, 1.82) is 0 Å². The highest BCUT2D eigenvalue weighted by Crippen LogP contribution is 2.37. The molecule has 0 bridgehead atoms. The first-order chi connectivity index (χ1) is 12.8. The lowest BCUT2D eigenvalue weighted by molar-refractivity contribution is -0.112. The van der Waals surface area contributed by atoms with Gasteiger partial charge in [-0.25, -0.2) is 0 Å². The molecule has 0 atom stereocenters. The third-order valence-electron chi connectivity index (χ3n) is 4.24. The predicted molar refractivity (Wildman–Crippen MR) is 122 cm³/mol. The van der Waals surface area contributed by atoms with Gasteiger partial charge in [0.25, 0.3) is 0 Å². The van der Waals surface area contributed by atoms with Gasteiger partial charge in [0.1, 0.15) is 11.5 Å². The predicted octanol–water partition coefficient (Wildman–Crippen LogP) is 7.37. The maximum atomic E-state index is 12.9. The number of hydrogen-bond acceptors (Lipinski definition) is 3. The first-order valence-electron chi connectivity index (χ1n) is 8.08. The summed E-state index contributed by atoms with van der Waals surface area (Å²) in [5, 5.41) is 19.7. The van der Waals surface area contributed by atoms with Gasteiger partial charge < -0.3 is 10.2 Å². The molecule has 3 nitrogen and oxygen atoms in total. The summed E-state index contributed by atoms with van der Waals surface area (Å²) in [7, 11) is 0. The zero-order chi connectivity index (χ0) is 19.7. The third-order valence-corrected chi connectivity index (χ3v) is 6.65. The highest BCUT2D eigenvalue weighted by atomic mass is 79.9. The summed E-state index contributed by atoms with van der Waals surface area (Å²) in [5.74, 6) is 0.300. The molecule has 1 saturated carbocycles. The van der Waals surface area contributed by atoms with Crippen LogP contribution in [0.2, 0.25) is 0 Å². The van der Waals surface area contributed by atoms with E-state index in [2.05, 4.69) is 63.7 Å². The van der Waals surface area contributed by atoms with Gasteiger partial charge in [0, 0.05) is 11.1 Å². The molecule has 140 valence electrons. The van der Waals surface area contributed by atoms with Crippen LogP contribution in [0.5, 0.6) is 11.5 Å². The van der Waals surface area contributed by atoms with Gasteiger partial charge >= 0.3 is 0 Å². The largest absolute Gasteiger partial charge is 0.506 e. The van der Waals surface area contributed by atoms with Gasteiger partial charge in [-0.1, -0.05) is 0 Å². The molecule has 7 heteroatoms. The number of Topliss-reactive ketones (excluding diaryl/α,β-unsaturated/α-hetero) is 1. The van der Waals surface area contributed by atoms with E-state index in [0.29, 0.717) is 17.9 Å². The van der Waals surface area contributed by atoms with Gasteiger partial charge in [-0.2, -0.15) is 0 Å². The highest BCUT2D eigenvalue weighted by molar-refractivity contribution is 9.11. The second kappa shape index (κ2) is 8.64. The van der Waals surface area contributed by atoms with Crippen LogP contribution in [-0.2, 0) is 4.79 Å². The van der Waals surface area contributed by atoms with Crippen molar-refractivity contribution in [3.8, 4) is 11.5 Å². The Kier molecular flexibility index (Phi) is 6.66. The summed E-state index contributed by atoms with van der Waals surface area (Å²) in [6, 6.07) is 7.14. The van der Waals surface area contributed by atoms with Crippen molar-refractivity contribution in [3.63, 3.8) is 0 Å². The summed E-state index contributed by atoms with van der Waals surface area (Å²) in [5.41, 5.74) is 3.17. The smallest absolute Gasteiger partial charge is 0.185 e. The first kappa shape index (κ1) is 20.8. The number of carbonyl (C=O) groups is 1. The Labute approximate surface area is 190 Å². The molecule has 2 aromatic carbocycles. The summed E-state index contributed by atoms with van der Waals surface area (Å²) in [4.78, 5) is 12.9. The van der Waals surface area contributed by atoms with Crippen molar-refractivity contribution >= 4 is 81.7 Å². The van der Waals surface area contributed by atoms with Crippen LogP contribution in [0.3, 0.4) is 0 Å². The highest BCUT2D eigenvalue weighted by Gasteiger charge is 2.21. The molecule has 0 radical (unpaired) electrons. The number of carbonyl (C=O) groups excluding carboxylic acids is 1. The molecule has 0 aromatic heterocycles. The van der Waals surface area contributed by atoms with Gasteiger partial charge in [-0.05, 0) is 131 Å². The Morgan fingerprint density at radius 3 is 1.37 bits per heavy atom. The van der Waals surface area contributed by atoms with E-state index >= 15 is 0 Å². The molecular formula is C20H14Br4O3. The monoisotopic (exact) mass is 618 g/mol. The van der Waals surface area contributed by atoms with Crippen LogP contribution in [0.1, 0.15) is 30.4 Å². The molecule has 3 rings (SSSR count). The quantitative estimate of drug-likeness (QED) is 0.345. The van der Waals surface area contributed by atoms with E-state index in [0.717, 1.165) is 41.5 Å². The topological polar surface area (TPSA) is 57.5 Å². The van der Waals surface area contributed by atoms with E-state index in [1.165, 1.54) is 0 Å². The number of ketones is 1. The number of allylic oxidation sites excluding steroid dienone is 2. The van der Waals surface area contributed by atoms with Crippen molar-refractivity contribution in [2.75, 3.05) is 0 Å². The molecule has 0 unspecified atom stereocenters. The number of benzene rings is 2. The fourth-order valence-electron chi connectivity index (χ4n) is 2.92. The molecule has 0 heterocycles. The van der Waals surface area contributed by atoms with E-state index in [1.807, 2.05) is 12.2 Å². The number of rotatable bonds is 2. The lowest BCUT2D eigenvalue weighted by Crippen LogP contribution is -2.12. The average molecular weight is 622 g/mol. The maximum absolute atomic E-state index is 12.9. The van der Waals surface area contributed by atoms with Crippen molar-refractivity contribution < 1.29 is 15.0 Å². The second-order valence-electron chi connectivity index (χ2n) is 6.19. The standard InChI is InChI=1S/C20H14Br4O3/c21-14-6-10(7-15(22)19(14)26)4-12-2-1-3-13(18(12)25)5-11-8-16(23)20(27)17(24)9-11/h4-9,26-27H,1-3H2/b12-4+,13-5+. The van der Waals surface area contributed by atoms with E-state index in [4.69, 9.17) is 0 Å². The molecule has 0 aliphatic heterocycles. The number of hydrogen-bond donors (Lipinski definition) is 2. The van der Waals surface area contributed by atoms with E-state index in [9.17, 15) is 15.0 Å². The SMILES string of the molecule is O=C1/C(=C/c2cc(Br)c(O)c(Br)c2)CCC/C1=C\c1cc(Br)c(O)c(Br)c1. The fourth-order valence-corrected chi connectivity index (χ4v) is 5.36. The summed E-state index contributed by atoms with van der Waals surface area (Å²) >= 11 is 13.3. The van der Waals surface area contributed by atoms with E-state index in [-0.39, 0.29) is 17.3 Å². The van der Waals surface area contributed by atoms with E-state index < -0.39 is 0 Å². The minimum atomic E-state index is 0.0295. The Balaban J connectivity index is 1.94. The van der Waals surface area contributed by atoms with Crippen LogP contribution < -0.4 is 0 Å². The summed E-state index contributed by atoms with van der Waals surface area (Å²) < 4.78 is 2.28. The Hall–Kier alpha value is -0.890. The van der Waals surface area contributed by atoms with Crippen LogP contribution in [0.4, 0.5) is 0 Å². The average Bonchev–Trinajstić information content (AvgIpc) is 2.61. The van der Waals surface area contributed by atoms with Crippen molar-refractivity contribution in [1.82, 2.24) is 0 Å². The Bertz CT molecular complexity index is 869. The van der Waals surface area contributed by atoms with Crippen LogP contribution in [0.25, 0.3) is 12.2 Å². The molecule has 2 aromatic rings. The first-order valence-corrected chi connectivity index (χ1v) is 11.3. The molecule has 2 N–H and O–H groups in total. The van der Waals surface area contributed by atoms with Crippen molar-refractivity contribution in [2.45, 2.75) is 19.3 Å². The second-order valence-corrected chi connectivity index (χ2v) is 9.61. The Morgan fingerprint density at radius 1 is 0.704 bits per heavy atom. The molecule has 1 aliphatic rings. The van der Waals surface area contributed by atoms with Gasteiger partial charge in [0.2, 0.25) is 0 Å². The lowest BCUT2D eigenvalue weighted by Gasteiger charge is -2.17. The molecular weight excluding hydrogens is 608 g/mol. The minimum Gasteiger partial charge on any atom is -0.506 e. The maximum Gasteiger partial charge on any atom is 0.185 e. The number of phenols is 2. The minimum absolute atomic E-state index is 0.0295. The van der Waals surface area contributed by atoms with Crippen LogP contribution >= 0.6 is 63.7 Å². The van der Waals surface area contributed by atoms with Crippen LogP contribution in [0.15, 0.2) is 53.3 Å². The van der Waals surface area contributed by atoms with Crippen molar-refractivity contribution in [3.05, 3.63) is 64.4 Å². The summed E-state index contributed by atoms with van der Waals surface area (Å²) in [6.45, 7) is 0. The van der Waals surface area contributed by atoms with E-state index in [1.54, 1.807) is 24.3 Å². The fraction of sp³-hybridized carbons (Fsp3) is 0.150.